The van der Waals surface area contributed by atoms with Crippen molar-refractivity contribution >= 4 is 16.7 Å². The number of fused-ring (bicyclic) bond motifs is 1. The van der Waals surface area contributed by atoms with Crippen LogP contribution >= 0.6 is 0 Å². The van der Waals surface area contributed by atoms with Gasteiger partial charge in [-0.2, -0.15) is 0 Å². The van der Waals surface area contributed by atoms with E-state index in [-0.39, 0.29) is 0 Å². The molecule has 0 aliphatic carbocycles. The molecule has 0 radical (unpaired) electrons. The summed E-state index contributed by atoms with van der Waals surface area (Å²) in [7, 11) is 1.95. The minimum atomic E-state index is 0.729. The first-order valence-corrected chi connectivity index (χ1v) is 6.61. The van der Waals surface area contributed by atoms with Crippen molar-refractivity contribution < 1.29 is 0 Å². The van der Waals surface area contributed by atoms with Crippen molar-refractivity contribution in [2.45, 2.75) is 0 Å². The van der Waals surface area contributed by atoms with Gasteiger partial charge in [-0.25, -0.2) is 9.97 Å². The summed E-state index contributed by atoms with van der Waals surface area (Å²) in [4.78, 5) is 12.0. The van der Waals surface area contributed by atoms with Crippen molar-refractivity contribution in [3.05, 3.63) is 49.2 Å². The van der Waals surface area contributed by atoms with Gasteiger partial charge in [0.1, 0.15) is 0 Å². The van der Waals surface area contributed by atoms with E-state index in [1.165, 1.54) is 0 Å². The molecule has 0 unspecified atom stereocenters. The molecular weight excluding hydrogens is 264 g/mol. The fourth-order valence-electron chi connectivity index (χ4n) is 2.52. The van der Waals surface area contributed by atoms with E-state index in [2.05, 4.69) is 21.0 Å². The van der Waals surface area contributed by atoms with Gasteiger partial charge in [0.15, 0.2) is 5.82 Å². The first-order valence-electron chi connectivity index (χ1n) is 6.61. The summed E-state index contributed by atoms with van der Waals surface area (Å²) in [6.07, 6.45) is 7.32. The number of aromatic nitrogens is 5. The van der Waals surface area contributed by atoms with Crippen molar-refractivity contribution in [1.29, 1.82) is 0 Å². The molecule has 0 amide bonds. The number of H-pyrrole nitrogens is 1. The number of nitrogens with zero attached hydrogens (tertiary/aromatic N) is 4. The van der Waals surface area contributed by atoms with Crippen molar-refractivity contribution in [1.82, 2.24) is 24.1 Å². The number of aryl methyl sites for hydroxylation is 1. The Kier molecular flexibility index (Phi) is 2.38. The third-order valence-electron chi connectivity index (χ3n) is 3.54. The summed E-state index contributed by atoms with van der Waals surface area (Å²) in [6, 6.07) is 7.99. The van der Waals surface area contributed by atoms with E-state index in [4.69, 9.17) is 5.73 Å². The van der Waals surface area contributed by atoms with Gasteiger partial charge in [-0.3, -0.25) is 0 Å². The molecule has 21 heavy (non-hydrogen) atoms. The largest absolute Gasteiger partial charge is 0.397 e. The van der Waals surface area contributed by atoms with Crippen LogP contribution in [0.2, 0.25) is 0 Å². The second kappa shape index (κ2) is 4.24. The molecule has 6 heteroatoms. The van der Waals surface area contributed by atoms with Gasteiger partial charge in [0, 0.05) is 31.3 Å². The SMILES string of the molecule is Cn1cc(N)cc1-c1nc2ccc(-n3ccnc3)cc2[nH]1. The summed E-state index contributed by atoms with van der Waals surface area (Å²) in [6.45, 7) is 0. The van der Waals surface area contributed by atoms with Crippen LogP contribution in [0, 0.1) is 0 Å². The number of imidazole rings is 2. The monoisotopic (exact) mass is 278 g/mol. The van der Waals surface area contributed by atoms with Crippen molar-refractivity contribution in [2.75, 3.05) is 5.73 Å². The van der Waals surface area contributed by atoms with Crippen LogP contribution in [0.3, 0.4) is 0 Å². The highest BCUT2D eigenvalue weighted by atomic mass is 15.0. The lowest BCUT2D eigenvalue weighted by molar-refractivity contribution is 0.928. The minimum Gasteiger partial charge on any atom is -0.397 e. The quantitative estimate of drug-likeness (QED) is 0.590. The van der Waals surface area contributed by atoms with Crippen molar-refractivity contribution in [2.24, 2.45) is 7.05 Å². The van der Waals surface area contributed by atoms with Crippen LogP contribution in [-0.4, -0.2) is 24.1 Å². The van der Waals surface area contributed by atoms with Gasteiger partial charge < -0.3 is 19.9 Å². The van der Waals surface area contributed by atoms with Gasteiger partial charge in [0.2, 0.25) is 0 Å². The Morgan fingerprint density at radius 3 is 2.86 bits per heavy atom. The summed E-state index contributed by atoms with van der Waals surface area (Å²) >= 11 is 0. The normalized spacial score (nSPS) is 11.3. The highest BCUT2D eigenvalue weighted by Gasteiger charge is 2.10. The Hall–Kier alpha value is -3.02. The minimum absolute atomic E-state index is 0.729. The fourth-order valence-corrected chi connectivity index (χ4v) is 2.52. The van der Waals surface area contributed by atoms with Gasteiger partial charge in [0.05, 0.1) is 28.7 Å². The molecule has 0 atom stereocenters. The number of benzene rings is 1. The van der Waals surface area contributed by atoms with Crippen LogP contribution in [0.15, 0.2) is 49.2 Å². The molecular formula is C15H14N6. The van der Waals surface area contributed by atoms with Gasteiger partial charge in [-0.1, -0.05) is 0 Å². The smallest absolute Gasteiger partial charge is 0.155 e. The molecule has 0 aliphatic rings. The molecule has 0 aliphatic heterocycles. The Labute approximate surface area is 120 Å². The predicted molar refractivity (Wildman–Crippen MR) is 82.0 cm³/mol. The molecule has 4 rings (SSSR count). The molecule has 0 saturated heterocycles. The van der Waals surface area contributed by atoms with Gasteiger partial charge in [-0.05, 0) is 24.3 Å². The standard InChI is InChI=1S/C15H14N6/c1-20-8-10(16)6-14(20)15-18-12-3-2-11(7-13(12)19-15)21-5-4-17-9-21/h2-9H,16H2,1H3,(H,18,19). The lowest BCUT2D eigenvalue weighted by Crippen LogP contribution is -1.90. The number of nitrogen functional groups attached to an aromatic ring is 1. The first kappa shape index (κ1) is 11.8. The third kappa shape index (κ3) is 1.88. The summed E-state index contributed by atoms with van der Waals surface area (Å²) in [5.41, 5.74) is 10.5. The lowest BCUT2D eigenvalue weighted by atomic mass is 10.3. The number of nitrogens with two attached hydrogens (primary N) is 1. The first-order chi connectivity index (χ1) is 10.2. The molecule has 104 valence electrons. The number of rotatable bonds is 2. The Morgan fingerprint density at radius 1 is 1.24 bits per heavy atom. The van der Waals surface area contributed by atoms with E-state index < -0.39 is 0 Å². The van der Waals surface area contributed by atoms with Gasteiger partial charge in [-0.15, -0.1) is 0 Å². The molecule has 3 heterocycles. The Balaban J connectivity index is 1.85. The van der Waals surface area contributed by atoms with E-state index in [0.717, 1.165) is 33.9 Å². The van der Waals surface area contributed by atoms with Crippen LogP contribution in [-0.2, 0) is 7.05 Å². The average Bonchev–Trinajstić information content (AvgIpc) is 3.16. The second-order valence-electron chi connectivity index (χ2n) is 5.03. The predicted octanol–water partition coefficient (Wildman–Crippen LogP) is 2.34. The molecule has 1 aromatic carbocycles. The zero-order valence-electron chi connectivity index (χ0n) is 11.5. The maximum Gasteiger partial charge on any atom is 0.155 e. The zero-order valence-corrected chi connectivity index (χ0v) is 11.5. The Morgan fingerprint density at radius 2 is 2.14 bits per heavy atom. The molecule has 0 spiro atoms. The highest BCUT2D eigenvalue weighted by molar-refractivity contribution is 5.81. The zero-order chi connectivity index (χ0) is 14.4. The summed E-state index contributed by atoms with van der Waals surface area (Å²) in [5.74, 6) is 0.812. The van der Waals surface area contributed by atoms with E-state index in [0.29, 0.717) is 0 Å². The molecule has 0 saturated carbocycles. The van der Waals surface area contributed by atoms with E-state index in [1.54, 1.807) is 12.5 Å². The molecule has 0 fully saturated rings. The van der Waals surface area contributed by atoms with Crippen LogP contribution in [0.1, 0.15) is 0 Å². The van der Waals surface area contributed by atoms with E-state index >= 15 is 0 Å². The lowest BCUT2D eigenvalue weighted by Gasteiger charge is -2.00. The average molecular weight is 278 g/mol. The van der Waals surface area contributed by atoms with Crippen LogP contribution in [0.25, 0.3) is 28.2 Å². The summed E-state index contributed by atoms with van der Waals surface area (Å²) in [5, 5.41) is 0. The topological polar surface area (TPSA) is 77.5 Å². The molecule has 0 bridgehead atoms. The van der Waals surface area contributed by atoms with Crippen LogP contribution in [0.5, 0.6) is 0 Å². The third-order valence-corrected chi connectivity index (χ3v) is 3.54. The number of anilines is 1. The van der Waals surface area contributed by atoms with Crippen LogP contribution < -0.4 is 5.73 Å². The highest BCUT2D eigenvalue weighted by Crippen LogP contribution is 2.24. The number of hydrogen-bond donors (Lipinski definition) is 2. The van der Waals surface area contributed by atoms with E-state index in [9.17, 15) is 0 Å². The van der Waals surface area contributed by atoms with Crippen LogP contribution in [0.4, 0.5) is 5.69 Å². The van der Waals surface area contributed by atoms with Gasteiger partial charge in [0.25, 0.3) is 0 Å². The van der Waals surface area contributed by atoms with E-state index in [1.807, 2.05) is 46.8 Å². The van der Waals surface area contributed by atoms with Gasteiger partial charge >= 0.3 is 0 Å². The molecule has 4 aromatic rings. The number of aromatic amines is 1. The summed E-state index contributed by atoms with van der Waals surface area (Å²) < 4.78 is 3.92. The molecule has 3 aromatic heterocycles. The Bertz CT molecular complexity index is 913. The maximum atomic E-state index is 5.83. The van der Waals surface area contributed by atoms with Crippen molar-refractivity contribution in [3.63, 3.8) is 0 Å². The molecule has 6 nitrogen and oxygen atoms in total. The maximum absolute atomic E-state index is 5.83. The molecule has 3 N–H and O–H groups in total. The van der Waals surface area contributed by atoms with Crippen molar-refractivity contribution in [3.8, 4) is 17.2 Å². The second-order valence-corrected chi connectivity index (χ2v) is 5.03. The number of nitrogens with one attached hydrogen (secondary N) is 1. The fraction of sp³-hybridized carbons (Fsp3) is 0.0667. The number of hydrogen-bond acceptors (Lipinski definition) is 3.